The first-order valence-corrected chi connectivity index (χ1v) is 6.34. The first-order valence-electron chi connectivity index (χ1n) is 5.96. The fraction of sp³-hybridized carbons (Fsp3) is 0.214. The summed E-state index contributed by atoms with van der Waals surface area (Å²) in [4.78, 5) is 4.14. The molecule has 0 fully saturated rings. The van der Waals surface area contributed by atoms with Crippen LogP contribution in [0.5, 0.6) is 5.75 Å². The van der Waals surface area contributed by atoms with Crippen LogP contribution in [-0.4, -0.2) is 23.2 Å². The molecule has 0 bridgehead atoms. The van der Waals surface area contributed by atoms with E-state index in [0.29, 0.717) is 29.6 Å². The minimum Gasteiger partial charge on any atom is -0.492 e. The molecular formula is C14H15ClN2O2. The second-order valence-corrected chi connectivity index (χ2v) is 4.33. The van der Waals surface area contributed by atoms with Crippen LogP contribution in [0.25, 0.3) is 0 Å². The third-order valence-corrected chi connectivity index (χ3v) is 2.77. The monoisotopic (exact) mass is 278 g/mol. The Bertz CT molecular complexity index is 520. The average molecular weight is 279 g/mol. The molecule has 1 aromatic heterocycles. The summed E-state index contributed by atoms with van der Waals surface area (Å²) in [5.74, 6) is 1.43. The van der Waals surface area contributed by atoms with Gasteiger partial charge in [-0.05, 0) is 23.8 Å². The largest absolute Gasteiger partial charge is 0.492 e. The van der Waals surface area contributed by atoms with Crippen LogP contribution in [0.15, 0.2) is 42.6 Å². The lowest BCUT2D eigenvalue weighted by atomic mass is 10.3. The Morgan fingerprint density at radius 2 is 2.05 bits per heavy atom. The second-order valence-electron chi connectivity index (χ2n) is 3.92. The molecule has 0 atom stereocenters. The number of rotatable bonds is 6. The third-order valence-electron chi connectivity index (χ3n) is 2.49. The molecule has 0 aliphatic heterocycles. The van der Waals surface area contributed by atoms with E-state index in [-0.39, 0.29) is 6.61 Å². The first kappa shape index (κ1) is 13.6. The van der Waals surface area contributed by atoms with Gasteiger partial charge in [-0.25, -0.2) is 4.98 Å². The number of aliphatic hydroxyl groups excluding tert-OH is 1. The maximum absolute atomic E-state index is 8.95. The molecule has 100 valence electrons. The Kier molecular flexibility index (Phi) is 5.01. The van der Waals surface area contributed by atoms with E-state index in [2.05, 4.69) is 10.3 Å². The quantitative estimate of drug-likeness (QED) is 0.798. The Morgan fingerprint density at radius 3 is 2.74 bits per heavy atom. The number of aliphatic hydroxyl groups is 1. The molecule has 1 heterocycles. The van der Waals surface area contributed by atoms with E-state index in [9.17, 15) is 0 Å². The fourth-order valence-electron chi connectivity index (χ4n) is 1.55. The lowest BCUT2D eigenvalue weighted by Crippen LogP contribution is -2.12. The zero-order valence-electron chi connectivity index (χ0n) is 10.3. The van der Waals surface area contributed by atoms with Crippen molar-refractivity contribution in [2.75, 3.05) is 18.5 Å². The van der Waals surface area contributed by atoms with Gasteiger partial charge in [-0.3, -0.25) is 0 Å². The molecule has 5 heteroatoms. The summed E-state index contributed by atoms with van der Waals surface area (Å²) in [6.45, 7) is 1.05. The van der Waals surface area contributed by atoms with Crippen LogP contribution in [-0.2, 0) is 6.61 Å². The predicted molar refractivity (Wildman–Crippen MR) is 75.6 cm³/mol. The lowest BCUT2D eigenvalue weighted by Gasteiger charge is -2.09. The maximum Gasteiger partial charge on any atom is 0.144 e. The number of para-hydroxylation sites is 1. The van der Waals surface area contributed by atoms with Crippen LogP contribution >= 0.6 is 11.6 Å². The summed E-state index contributed by atoms with van der Waals surface area (Å²) in [6, 6.07) is 11.3. The number of aromatic nitrogens is 1. The Labute approximate surface area is 117 Å². The van der Waals surface area contributed by atoms with Crippen LogP contribution in [0.4, 0.5) is 5.82 Å². The maximum atomic E-state index is 8.95. The van der Waals surface area contributed by atoms with Gasteiger partial charge < -0.3 is 15.2 Å². The van der Waals surface area contributed by atoms with Crippen molar-refractivity contribution in [2.24, 2.45) is 0 Å². The van der Waals surface area contributed by atoms with Crippen molar-refractivity contribution >= 4 is 17.4 Å². The van der Waals surface area contributed by atoms with E-state index in [4.69, 9.17) is 21.4 Å². The van der Waals surface area contributed by atoms with Gasteiger partial charge in [-0.2, -0.15) is 0 Å². The molecule has 2 rings (SSSR count). The predicted octanol–water partition coefficient (Wildman–Crippen LogP) is 2.72. The highest BCUT2D eigenvalue weighted by Gasteiger charge is 2.02. The highest BCUT2D eigenvalue weighted by atomic mass is 35.5. The van der Waals surface area contributed by atoms with Crippen molar-refractivity contribution in [1.82, 2.24) is 4.98 Å². The number of halogens is 1. The van der Waals surface area contributed by atoms with Crippen molar-refractivity contribution in [3.05, 3.63) is 53.2 Å². The molecule has 0 radical (unpaired) electrons. The van der Waals surface area contributed by atoms with E-state index < -0.39 is 0 Å². The van der Waals surface area contributed by atoms with Crippen LogP contribution in [0.1, 0.15) is 5.56 Å². The molecule has 4 nitrogen and oxygen atoms in total. The highest BCUT2D eigenvalue weighted by molar-refractivity contribution is 6.32. The number of hydrogen-bond donors (Lipinski definition) is 2. The van der Waals surface area contributed by atoms with E-state index >= 15 is 0 Å². The molecule has 0 unspecified atom stereocenters. The van der Waals surface area contributed by atoms with Gasteiger partial charge >= 0.3 is 0 Å². The Balaban J connectivity index is 1.80. The van der Waals surface area contributed by atoms with E-state index in [0.717, 1.165) is 5.75 Å². The lowest BCUT2D eigenvalue weighted by molar-refractivity contribution is 0.281. The number of anilines is 1. The highest BCUT2D eigenvalue weighted by Crippen LogP contribution is 2.19. The third kappa shape index (κ3) is 4.12. The number of nitrogens with one attached hydrogen (secondary N) is 1. The Morgan fingerprint density at radius 1 is 1.26 bits per heavy atom. The summed E-state index contributed by atoms with van der Waals surface area (Å²) in [5, 5.41) is 12.5. The molecule has 2 aromatic rings. The fourth-order valence-corrected chi connectivity index (χ4v) is 1.80. The van der Waals surface area contributed by atoms with Gasteiger partial charge in [0.15, 0.2) is 0 Å². The van der Waals surface area contributed by atoms with Crippen LogP contribution in [0.2, 0.25) is 5.02 Å². The number of nitrogens with zero attached hydrogens (tertiary/aromatic N) is 1. The summed E-state index contributed by atoms with van der Waals surface area (Å²) < 4.78 is 5.54. The minimum absolute atomic E-state index is 0.0654. The van der Waals surface area contributed by atoms with Gasteiger partial charge in [0.2, 0.25) is 0 Å². The summed E-state index contributed by atoms with van der Waals surface area (Å²) >= 11 is 6.03. The van der Waals surface area contributed by atoms with Crippen LogP contribution in [0.3, 0.4) is 0 Å². The SMILES string of the molecule is OCc1cnc(NCCOc2ccccc2)c(Cl)c1. The zero-order valence-corrected chi connectivity index (χ0v) is 11.1. The molecule has 19 heavy (non-hydrogen) atoms. The summed E-state index contributed by atoms with van der Waals surface area (Å²) in [6.07, 6.45) is 1.59. The van der Waals surface area contributed by atoms with Crippen molar-refractivity contribution < 1.29 is 9.84 Å². The van der Waals surface area contributed by atoms with Crippen molar-refractivity contribution in [3.63, 3.8) is 0 Å². The van der Waals surface area contributed by atoms with Crippen LogP contribution in [0, 0.1) is 0 Å². The van der Waals surface area contributed by atoms with Crippen LogP contribution < -0.4 is 10.1 Å². The average Bonchev–Trinajstić information content (AvgIpc) is 2.46. The van der Waals surface area contributed by atoms with Gasteiger partial charge in [-0.15, -0.1) is 0 Å². The molecule has 0 saturated heterocycles. The number of benzene rings is 1. The number of pyridine rings is 1. The van der Waals surface area contributed by atoms with Gasteiger partial charge in [0.25, 0.3) is 0 Å². The molecule has 0 saturated carbocycles. The number of hydrogen-bond acceptors (Lipinski definition) is 4. The molecule has 0 spiro atoms. The normalized spacial score (nSPS) is 10.2. The Hall–Kier alpha value is -1.78. The zero-order chi connectivity index (χ0) is 13.5. The molecule has 0 amide bonds. The standard InChI is InChI=1S/C14H15ClN2O2/c15-13-8-11(10-18)9-17-14(13)16-6-7-19-12-4-2-1-3-5-12/h1-5,8-9,18H,6-7,10H2,(H,16,17). The summed E-state index contributed by atoms with van der Waals surface area (Å²) in [7, 11) is 0. The first-order chi connectivity index (χ1) is 9.29. The van der Waals surface area contributed by atoms with E-state index in [1.165, 1.54) is 0 Å². The van der Waals surface area contributed by atoms with Gasteiger partial charge in [0.1, 0.15) is 18.2 Å². The van der Waals surface area contributed by atoms with Gasteiger partial charge in [-0.1, -0.05) is 29.8 Å². The molecule has 1 aromatic carbocycles. The number of ether oxygens (including phenoxy) is 1. The second kappa shape index (κ2) is 6.97. The molecular weight excluding hydrogens is 264 g/mol. The summed E-state index contributed by atoms with van der Waals surface area (Å²) in [5.41, 5.74) is 0.691. The van der Waals surface area contributed by atoms with Crippen molar-refractivity contribution in [3.8, 4) is 5.75 Å². The van der Waals surface area contributed by atoms with E-state index in [1.807, 2.05) is 30.3 Å². The van der Waals surface area contributed by atoms with E-state index in [1.54, 1.807) is 12.3 Å². The van der Waals surface area contributed by atoms with Gasteiger partial charge in [0, 0.05) is 6.20 Å². The molecule has 2 N–H and O–H groups in total. The van der Waals surface area contributed by atoms with Crippen molar-refractivity contribution in [1.29, 1.82) is 0 Å². The minimum atomic E-state index is -0.0654. The topological polar surface area (TPSA) is 54.4 Å². The molecule has 0 aliphatic rings. The van der Waals surface area contributed by atoms with Gasteiger partial charge in [0.05, 0.1) is 18.2 Å². The van der Waals surface area contributed by atoms with Crippen molar-refractivity contribution in [2.45, 2.75) is 6.61 Å². The molecule has 0 aliphatic carbocycles. The smallest absolute Gasteiger partial charge is 0.144 e.